The molecule has 4 nitrogen and oxygen atoms in total. The van der Waals surface area contributed by atoms with E-state index in [9.17, 15) is 0 Å². The molecule has 0 atom stereocenters. The summed E-state index contributed by atoms with van der Waals surface area (Å²) in [7, 11) is 0. The summed E-state index contributed by atoms with van der Waals surface area (Å²) in [6, 6.07) is 65.3. The van der Waals surface area contributed by atoms with E-state index >= 15 is 0 Å². The molecule has 0 bridgehead atoms. The van der Waals surface area contributed by atoms with Crippen molar-refractivity contribution < 1.29 is 0 Å². The van der Waals surface area contributed by atoms with Crippen molar-refractivity contribution in [3.8, 4) is 78.7 Å². The second-order valence-corrected chi connectivity index (χ2v) is 12.7. The topological polar surface area (TPSA) is 51.6 Å². The highest BCUT2D eigenvalue weighted by atomic mass is 15.0. The van der Waals surface area contributed by atoms with Gasteiger partial charge in [0, 0.05) is 33.8 Å². The van der Waals surface area contributed by atoms with Gasteiger partial charge in [0.2, 0.25) is 0 Å². The Morgan fingerprint density at radius 2 is 0.750 bits per heavy atom. The number of aromatic nitrogens is 4. The van der Waals surface area contributed by atoms with Crippen molar-refractivity contribution in [3.63, 3.8) is 0 Å². The van der Waals surface area contributed by atoms with E-state index in [-0.39, 0.29) is 0 Å². The van der Waals surface area contributed by atoms with Crippen LogP contribution in [0, 0.1) is 0 Å². The average Bonchev–Trinajstić information content (AvgIpc) is 3.24. The first-order valence-electron chi connectivity index (χ1n) is 17.4. The Bertz CT molecular complexity index is 2540. The van der Waals surface area contributed by atoms with Gasteiger partial charge < -0.3 is 0 Å². The lowest BCUT2D eigenvalue weighted by molar-refractivity contribution is 1.07. The first kappa shape index (κ1) is 31.0. The molecule has 0 aliphatic rings. The second-order valence-electron chi connectivity index (χ2n) is 12.7. The smallest absolute Gasteiger partial charge is 0.164 e. The minimum Gasteiger partial charge on any atom is -0.256 e. The molecular formula is C48H32N4. The summed E-state index contributed by atoms with van der Waals surface area (Å²) in [4.78, 5) is 20.0. The zero-order valence-corrected chi connectivity index (χ0v) is 28.3. The van der Waals surface area contributed by atoms with Gasteiger partial charge in [0.25, 0.3) is 0 Å². The Labute approximate surface area is 302 Å². The number of hydrogen-bond acceptors (Lipinski definition) is 4. The molecule has 0 fully saturated rings. The van der Waals surface area contributed by atoms with E-state index < -0.39 is 0 Å². The van der Waals surface area contributed by atoms with Crippen molar-refractivity contribution in [2.45, 2.75) is 0 Å². The molecule has 9 rings (SSSR count). The summed E-state index contributed by atoms with van der Waals surface area (Å²) < 4.78 is 0. The number of pyridine rings is 1. The quantitative estimate of drug-likeness (QED) is 0.170. The summed E-state index contributed by atoms with van der Waals surface area (Å²) in [5.41, 5.74) is 12.6. The van der Waals surface area contributed by atoms with Crippen molar-refractivity contribution in [2.75, 3.05) is 0 Å². The maximum atomic E-state index is 5.07. The number of hydrogen-bond donors (Lipinski definition) is 0. The van der Waals surface area contributed by atoms with Crippen molar-refractivity contribution in [1.29, 1.82) is 0 Å². The van der Waals surface area contributed by atoms with E-state index in [2.05, 4.69) is 121 Å². The molecule has 2 aromatic heterocycles. The van der Waals surface area contributed by atoms with Gasteiger partial charge in [0.05, 0.1) is 5.52 Å². The molecule has 4 heteroatoms. The fourth-order valence-electron chi connectivity index (χ4n) is 6.79. The van der Waals surface area contributed by atoms with E-state index in [1.807, 2.05) is 72.9 Å². The third-order valence-electron chi connectivity index (χ3n) is 9.36. The molecule has 0 amide bonds. The van der Waals surface area contributed by atoms with Crippen LogP contribution < -0.4 is 0 Å². The monoisotopic (exact) mass is 664 g/mol. The van der Waals surface area contributed by atoms with Crippen molar-refractivity contribution in [1.82, 2.24) is 19.9 Å². The van der Waals surface area contributed by atoms with Crippen LogP contribution in [0.15, 0.2) is 194 Å². The van der Waals surface area contributed by atoms with Gasteiger partial charge in [-0.1, -0.05) is 158 Å². The minimum absolute atomic E-state index is 0.608. The molecule has 2 heterocycles. The molecule has 0 aliphatic carbocycles. The number of fused-ring (bicyclic) bond motifs is 1. The minimum atomic E-state index is 0.608. The summed E-state index contributed by atoms with van der Waals surface area (Å²) in [5, 5.41) is 1.08. The normalized spacial score (nSPS) is 11.1. The standard InChI is InChI=1S/C48H32N4/c1-5-15-33(16-6-1)39-29-40(34-17-7-2-8-18-34)31-41(30-39)42-27-26-38(32-44(42)43-25-13-23-35-24-14-28-49-45(35)43)48-51-46(36-19-9-3-10-20-36)50-47(52-48)37-21-11-4-12-22-37/h1-32H. The summed E-state index contributed by atoms with van der Waals surface area (Å²) in [6.45, 7) is 0. The third-order valence-corrected chi connectivity index (χ3v) is 9.36. The molecule has 0 unspecified atom stereocenters. The predicted molar refractivity (Wildman–Crippen MR) is 213 cm³/mol. The van der Waals surface area contributed by atoms with Crippen LogP contribution in [0.2, 0.25) is 0 Å². The van der Waals surface area contributed by atoms with Crippen LogP contribution in [0.5, 0.6) is 0 Å². The zero-order chi connectivity index (χ0) is 34.7. The van der Waals surface area contributed by atoms with E-state index in [0.29, 0.717) is 17.5 Å². The van der Waals surface area contributed by atoms with Gasteiger partial charge in [0.1, 0.15) is 0 Å². The lowest BCUT2D eigenvalue weighted by atomic mass is 9.88. The molecular weight excluding hydrogens is 633 g/mol. The maximum Gasteiger partial charge on any atom is 0.164 e. The Kier molecular flexibility index (Phi) is 8.16. The summed E-state index contributed by atoms with van der Waals surface area (Å²) >= 11 is 0. The van der Waals surface area contributed by atoms with Gasteiger partial charge >= 0.3 is 0 Å². The highest BCUT2D eigenvalue weighted by Crippen LogP contribution is 2.41. The van der Waals surface area contributed by atoms with Crippen LogP contribution in [0.4, 0.5) is 0 Å². The first-order valence-corrected chi connectivity index (χ1v) is 17.4. The lowest BCUT2D eigenvalue weighted by Crippen LogP contribution is -2.00. The van der Waals surface area contributed by atoms with Crippen LogP contribution in [0.25, 0.3) is 89.6 Å². The van der Waals surface area contributed by atoms with Crippen LogP contribution in [0.3, 0.4) is 0 Å². The third kappa shape index (κ3) is 6.14. The van der Waals surface area contributed by atoms with Gasteiger partial charge in [-0.15, -0.1) is 0 Å². The molecule has 52 heavy (non-hydrogen) atoms. The van der Waals surface area contributed by atoms with E-state index in [4.69, 9.17) is 19.9 Å². The molecule has 0 radical (unpaired) electrons. The largest absolute Gasteiger partial charge is 0.256 e. The maximum absolute atomic E-state index is 5.07. The van der Waals surface area contributed by atoms with Crippen LogP contribution in [-0.2, 0) is 0 Å². The Hall–Kier alpha value is -7.04. The number of para-hydroxylation sites is 1. The van der Waals surface area contributed by atoms with E-state index in [0.717, 1.165) is 61.0 Å². The molecule has 244 valence electrons. The number of rotatable bonds is 7. The van der Waals surface area contributed by atoms with Gasteiger partial charge in [-0.3, -0.25) is 4.98 Å². The van der Waals surface area contributed by atoms with Crippen molar-refractivity contribution in [3.05, 3.63) is 194 Å². The molecule has 0 saturated carbocycles. The zero-order valence-electron chi connectivity index (χ0n) is 28.3. The van der Waals surface area contributed by atoms with E-state index in [1.165, 1.54) is 11.1 Å². The fraction of sp³-hybridized carbons (Fsp3) is 0. The van der Waals surface area contributed by atoms with Crippen LogP contribution >= 0.6 is 0 Å². The Morgan fingerprint density at radius 1 is 0.269 bits per heavy atom. The number of nitrogens with zero attached hydrogens (tertiary/aromatic N) is 4. The van der Waals surface area contributed by atoms with Crippen molar-refractivity contribution >= 4 is 10.9 Å². The number of benzene rings is 7. The summed E-state index contributed by atoms with van der Waals surface area (Å²) in [5.74, 6) is 1.87. The molecule has 7 aromatic carbocycles. The lowest BCUT2D eigenvalue weighted by Gasteiger charge is -2.17. The highest BCUT2D eigenvalue weighted by molar-refractivity contribution is 6.00. The van der Waals surface area contributed by atoms with E-state index in [1.54, 1.807) is 0 Å². The van der Waals surface area contributed by atoms with Crippen molar-refractivity contribution in [2.24, 2.45) is 0 Å². The van der Waals surface area contributed by atoms with Crippen LogP contribution in [0.1, 0.15) is 0 Å². The van der Waals surface area contributed by atoms with Gasteiger partial charge in [0.15, 0.2) is 17.5 Å². The Morgan fingerprint density at radius 3 is 1.31 bits per heavy atom. The predicted octanol–water partition coefficient (Wildman–Crippen LogP) is 12.1. The highest BCUT2D eigenvalue weighted by Gasteiger charge is 2.18. The molecule has 0 spiro atoms. The molecule has 0 aliphatic heterocycles. The van der Waals surface area contributed by atoms with Crippen LogP contribution in [-0.4, -0.2) is 19.9 Å². The molecule has 9 aromatic rings. The Balaban J connectivity index is 1.30. The fourth-order valence-corrected chi connectivity index (χ4v) is 6.79. The summed E-state index contributed by atoms with van der Waals surface area (Å²) in [6.07, 6.45) is 1.86. The van der Waals surface area contributed by atoms with Gasteiger partial charge in [-0.25, -0.2) is 15.0 Å². The van der Waals surface area contributed by atoms with Gasteiger partial charge in [-0.05, 0) is 69.3 Å². The van der Waals surface area contributed by atoms with Gasteiger partial charge in [-0.2, -0.15) is 0 Å². The average molecular weight is 665 g/mol. The molecule has 0 N–H and O–H groups in total. The first-order chi connectivity index (χ1) is 25.8. The molecule has 0 saturated heterocycles. The SMILES string of the molecule is c1ccc(-c2cc(-c3ccccc3)cc(-c3ccc(-c4nc(-c5ccccc5)nc(-c5ccccc5)n4)cc3-c3cccc4cccnc34)c2)cc1. The second kappa shape index (κ2) is 13.7.